The van der Waals surface area contributed by atoms with Gasteiger partial charge in [-0.25, -0.2) is 9.50 Å². The number of aromatic nitrogens is 3. The Hall–Kier alpha value is -2.48. The van der Waals surface area contributed by atoms with Gasteiger partial charge in [-0.3, -0.25) is 9.59 Å². The van der Waals surface area contributed by atoms with Crippen molar-refractivity contribution in [2.24, 2.45) is 11.3 Å². The Labute approximate surface area is 169 Å². The van der Waals surface area contributed by atoms with Gasteiger partial charge in [-0.15, -0.1) is 0 Å². The van der Waals surface area contributed by atoms with Crippen molar-refractivity contribution < 1.29 is 14.3 Å². The van der Waals surface area contributed by atoms with Crippen LogP contribution in [0.15, 0.2) is 18.5 Å². The highest BCUT2D eigenvalue weighted by molar-refractivity contribution is 6.00. The molecule has 1 N–H and O–H groups in total. The minimum Gasteiger partial charge on any atom is -0.378 e. The summed E-state index contributed by atoms with van der Waals surface area (Å²) in [6.45, 7) is 3.86. The van der Waals surface area contributed by atoms with Crippen LogP contribution in [0.5, 0.6) is 0 Å². The van der Waals surface area contributed by atoms with E-state index in [9.17, 15) is 9.59 Å². The highest BCUT2D eigenvalue weighted by Crippen LogP contribution is 2.58. The van der Waals surface area contributed by atoms with Crippen molar-refractivity contribution >= 4 is 17.5 Å². The van der Waals surface area contributed by atoms with E-state index in [1.54, 1.807) is 28.9 Å². The average molecular weight is 397 g/mol. The Morgan fingerprint density at radius 3 is 2.72 bits per heavy atom. The summed E-state index contributed by atoms with van der Waals surface area (Å²) in [7, 11) is 1.76. The molecule has 3 fully saturated rings. The highest BCUT2D eigenvalue weighted by Gasteiger charge is 2.58. The van der Waals surface area contributed by atoms with E-state index in [0.29, 0.717) is 36.8 Å². The van der Waals surface area contributed by atoms with E-state index in [4.69, 9.17) is 4.74 Å². The average Bonchev–Trinajstić information content (AvgIpc) is 3.39. The molecule has 3 heterocycles. The molecule has 29 heavy (non-hydrogen) atoms. The number of ether oxygens (including phenoxy) is 1. The molecule has 8 heteroatoms. The first kappa shape index (κ1) is 18.5. The first-order chi connectivity index (χ1) is 14.0. The fraction of sp³-hybridized carbons (Fsp3) is 0.619. The van der Waals surface area contributed by atoms with Crippen LogP contribution in [0.25, 0.3) is 5.65 Å². The summed E-state index contributed by atoms with van der Waals surface area (Å²) in [5.74, 6) is 0.419. The van der Waals surface area contributed by atoms with E-state index in [2.05, 4.69) is 15.4 Å². The van der Waals surface area contributed by atoms with Crippen molar-refractivity contribution in [1.82, 2.24) is 24.8 Å². The quantitative estimate of drug-likeness (QED) is 0.827. The van der Waals surface area contributed by atoms with Crippen LogP contribution in [0.4, 0.5) is 0 Å². The molecule has 1 saturated heterocycles. The van der Waals surface area contributed by atoms with Crippen LogP contribution < -0.4 is 5.32 Å². The largest absolute Gasteiger partial charge is 0.378 e. The van der Waals surface area contributed by atoms with Gasteiger partial charge in [0.1, 0.15) is 5.56 Å². The second-order valence-corrected chi connectivity index (χ2v) is 9.01. The smallest absolute Gasteiger partial charge is 0.259 e. The highest BCUT2D eigenvalue weighted by atomic mass is 16.5. The van der Waals surface area contributed by atoms with Crippen LogP contribution in [0, 0.1) is 18.3 Å². The maximum absolute atomic E-state index is 12.8. The van der Waals surface area contributed by atoms with Crippen LogP contribution in [0.1, 0.15) is 48.2 Å². The van der Waals surface area contributed by atoms with E-state index in [-0.39, 0.29) is 22.8 Å². The molecule has 3 aliphatic rings. The molecule has 8 nitrogen and oxygen atoms in total. The zero-order valence-corrected chi connectivity index (χ0v) is 17.0. The molecule has 5 rings (SSSR count). The fourth-order valence-electron chi connectivity index (χ4n) is 5.36. The summed E-state index contributed by atoms with van der Waals surface area (Å²) in [6, 6.07) is 1.86. The molecule has 0 radical (unpaired) electrons. The maximum Gasteiger partial charge on any atom is 0.259 e. The molecule has 0 unspecified atom stereocenters. The van der Waals surface area contributed by atoms with Crippen molar-refractivity contribution in [2.45, 2.75) is 44.6 Å². The zero-order chi connectivity index (χ0) is 20.2. The van der Waals surface area contributed by atoms with Crippen molar-refractivity contribution in [3.63, 3.8) is 0 Å². The molecule has 2 bridgehead atoms. The lowest BCUT2D eigenvalue weighted by molar-refractivity contribution is -0.131. The van der Waals surface area contributed by atoms with Crippen LogP contribution >= 0.6 is 0 Å². The summed E-state index contributed by atoms with van der Waals surface area (Å²) >= 11 is 0. The molecule has 154 valence electrons. The second kappa shape index (κ2) is 6.52. The molecule has 2 aromatic heterocycles. The zero-order valence-electron chi connectivity index (χ0n) is 17.0. The normalized spacial score (nSPS) is 28.7. The molecular formula is C21H27N5O3. The number of likely N-dealkylation sites (tertiary alicyclic amines) is 1. The lowest BCUT2D eigenvalue weighted by atomic mass is 9.83. The van der Waals surface area contributed by atoms with Gasteiger partial charge in [-0.05, 0) is 45.1 Å². The number of nitrogens with zero attached hydrogens (tertiary/aromatic N) is 4. The number of methoxy groups -OCH3 is 1. The Morgan fingerprint density at radius 1 is 1.28 bits per heavy atom. The summed E-state index contributed by atoms with van der Waals surface area (Å²) in [4.78, 5) is 31.8. The van der Waals surface area contributed by atoms with Crippen molar-refractivity contribution in [2.75, 3.05) is 26.7 Å². The molecular weight excluding hydrogens is 370 g/mol. The maximum atomic E-state index is 12.8. The number of nitrogens with one attached hydrogen (secondary N) is 1. The van der Waals surface area contributed by atoms with Crippen molar-refractivity contribution in [3.8, 4) is 0 Å². The SMILES string of the molecule is COC12CCC(C(=O)NCC3CN(C(=O)c4cnn5c(C)ccnc45)C3)(CC1)C2. The van der Waals surface area contributed by atoms with Gasteiger partial charge < -0.3 is 15.0 Å². The van der Waals surface area contributed by atoms with Gasteiger partial charge in [0.2, 0.25) is 5.91 Å². The Morgan fingerprint density at radius 2 is 2.03 bits per heavy atom. The third kappa shape index (κ3) is 2.84. The lowest BCUT2D eigenvalue weighted by Crippen LogP contribution is -2.54. The van der Waals surface area contributed by atoms with Crippen LogP contribution in [0.3, 0.4) is 0 Å². The van der Waals surface area contributed by atoms with E-state index in [1.165, 1.54) is 0 Å². The van der Waals surface area contributed by atoms with E-state index < -0.39 is 0 Å². The predicted octanol–water partition coefficient (Wildman–Crippen LogP) is 1.58. The molecule has 2 aliphatic carbocycles. The monoisotopic (exact) mass is 397 g/mol. The van der Waals surface area contributed by atoms with E-state index in [0.717, 1.165) is 37.8 Å². The number of fused-ring (bicyclic) bond motifs is 3. The van der Waals surface area contributed by atoms with E-state index >= 15 is 0 Å². The Balaban J connectivity index is 1.15. The van der Waals surface area contributed by atoms with Gasteiger partial charge in [-0.2, -0.15) is 5.10 Å². The third-order valence-corrected chi connectivity index (χ3v) is 7.31. The number of carbonyl (C=O) groups is 2. The molecule has 2 saturated carbocycles. The molecule has 0 aromatic carbocycles. The van der Waals surface area contributed by atoms with Gasteiger partial charge in [0.05, 0.1) is 17.2 Å². The number of aryl methyl sites for hydroxylation is 1. The summed E-state index contributed by atoms with van der Waals surface area (Å²) in [5, 5.41) is 7.43. The number of hydrogen-bond donors (Lipinski definition) is 1. The first-order valence-electron chi connectivity index (χ1n) is 10.4. The minimum atomic E-state index is -0.240. The number of amides is 2. The molecule has 1 aliphatic heterocycles. The second-order valence-electron chi connectivity index (χ2n) is 9.01. The standard InChI is InChI=1S/C21H27N5O3/c1-14-3-8-22-17-16(10-24-26(14)17)18(27)25-11-15(12-25)9-23-19(28)20-4-6-21(13-20,29-2)7-5-20/h3,8,10,15H,4-7,9,11-13H2,1-2H3,(H,23,28). The number of rotatable bonds is 5. The van der Waals surface area contributed by atoms with Crippen LogP contribution in [-0.2, 0) is 9.53 Å². The number of hydrogen-bond acceptors (Lipinski definition) is 5. The lowest BCUT2D eigenvalue weighted by Gasteiger charge is -2.39. The fourth-order valence-corrected chi connectivity index (χ4v) is 5.36. The van der Waals surface area contributed by atoms with Crippen LogP contribution in [-0.4, -0.2) is 63.7 Å². The number of carbonyl (C=O) groups excluding carboxylic acids is 2. The molecule has 0 spiro atoms. The molecule has 2 aromatic rings. The molecule has 2 amide bonds. The third-order valence-electron chi connectivity index (χ3n) is 7.31. The van der Waals surface area contributed by atoms with Gasteiger partial charge in [0.25, 0.3) is 5.91 Å². The first-order valence-corrected chi connectivity index (χ1v) is 10.4. The minimum absolute atomic E-state index is 0.0456. The Bertz CT molecular complexity index is 970. The summed E-state index contributed by atoms with van der Waals surface area (Å²) < 4.78 is 7.39. The predicted molar refractivity (Wildman–Crippen MR) is 105 cm³/mol. The topological polar surface area (TPSA) is 88.8 Å². The summed E-state index contributed by atoms with van der Waals surface area (Å²) in [6.07, 6.45) is 7.94. The summed E-state index contributed by atoms with van der Waals surface area (Å²) in [5.41, 5.74) is 1.75. The van der Waals surface area contributed by atoms with Crippen molar-refractivity contribution in [1.29, 1.82) is 0 Å². The van der Waals surface area contributed by atoms with Gasteiger partial charge in [0.15, 0.2) is 5.65 Å². The van der Waals surface area contributed by atoms with E-state index in [1.807, 2.05) is 13.0 Å². The molecule has 0 atom stereocenters. The van der Waals surface area contributed by atoms with Gasteiger partial charge >= 0.3 is 0 Å². The van der Waals surface area contributed by atoms with Gasteiger partial charge in [0, 0.05) is 44.6 Å². The Kier molecular flexibility index (Phi) is 4.17. The van der Waals surface area contributed by atoms with Gasteiger partial charge in [-0.1, -0.05) is 0 Å². The van der Waals surface area contributed by atoms with Crippen LogP contribution in [0.2, 0.25) is 0 Å². The van der Waals surface area contributed by atoms with Crippen molar-refractivity contribution in [3.05, 3.63) is 29.7 Å².